The van der Waals surface area contributed by atoms with Crippen molar-refractivity contribution in [3.8, 4) is 16.9 Å². The van der Waals surface area contributed by atoms with E-state index >= 15 is 0 Å². The molecule has 0 bridgehead atoms. The first-order valence-corrected chi connectivity index (χ1v) is 10.1. The van der Waals surface area contributed by atoms with Crippen molar-refractivity contribution in [1.82, 2.24) is 19.5 Å². The van der Waals surface area contributed by atoms with Crippen LogP contribution in [0.4, 0.5) is 0 Å². The van der Waals surface area contributed by atoms with Gasteiger partial charge in [0.05, 0.1) is 23.9 Å². The van der Waals surface area contributed by atoms with E-state index in [2.05, 4.69) is 55.2 Å². The van der Waals surface area contributed by atoms with Gasteiger partial charge in [-0.15, -0.1) is 0 Å². The van der Waals surface area contributed by atoms with Crippen molar-refractivity contribution in [2.75, 3.05) is 32.8 Å². The second kappa shape index (κ2) is 6.89. The summed E-state index contributed by atoms with van der Waals surface area (Å²) in [7, 11) is 0. The second-order valence-corrected chi connectivity index (χ2v) is 8.16. The summed E-state index contributed by atoms with van der Waals surface area (Å²) in [5, 5.41) is 4.30. The highest BCUT2D eigenvalue weighted by Crippen LogP contribution is 2.41. The maximum Gasteiger partial charge on any atom is 0.169 e. The molecule has 140 valence electrons. The summed E-state index contributed by atoms with van der Waals surface area (Å²) in [6.07, 6.45) is 7.87. The fraction of sp³-hybridized carbons (Fsp3) is 0.400. The Kier molecular flexibility index (Phi) is 4.38. The van der Waals surface area contributed by atoms with Gasteiger partial charge in [0.15, 0.2) is 5.65 Å². The maximum absolute atomic E-state index is 6.36. The largest absolute Gasteiger partial charge is 0.486 e. The van der Waals surface area contributed by atoms with Crippen LogP contribution < -0.4 is 4.74 Å². The number of fused-ring (bicyclic) bond motifs is 1. The zero-order valence-corrected chi connectivity index (χ0v) is 16.6. The summed E-state index contributed by atoms with van der Waals surface area (Å²) >= 11 is 3.45. The van der Waals surface area contributed by atoms with E-state index in [1.165, 1.54) is 0 Å². The van der Waals surface area contributed by atoms with Crippen LogP contribution in [0.1, 0.15) is 12.8 Å². The monoisotopic (exact) mass is 428 g/mol. The Morgan fingerprint density at radius 1 is 1.07 bits per heavy atom. The fourth-order valence-corrected chi connectivity index (χ4v) is 3.93. The number of benzene rings is 1. The number of ether oxygens (including phenoxy) is 2. The van der Waals surface area contributed by atoms with Gasteiger partial charge in [-0.1, -0.05) is 12.1 Å². The summed E-state index contributed by atoms with van der Waals surface area (Å²) in [6, 6.07) is 8.28. The summed E-state index contributed by atoms with van der Waals surface area (Å²) in [6.45, 7) is 4.66. The number of rotatable bonds is 5. The lowest BCUT2D eigenvalue weighted by molar-refractivity contribution is 0.0140. The number of aromatic nitrogens is 3. The third-order valence-electron chi connectivity index (χ3n) is 5.26. The van der Waals surface area contributed by atoms with Crippen LogP contribution in [0.5, 0.6) is 5.75 Å². The molecule has 1 aromatic carbocycles. The van der Waals surface area contributed by atoms with E-state index in [9.17, 15) is 0 Å². The third-order valence-corrected chi connectivity index (χ3v) is 5.82. The molecule has 6 nitrogen and oxygen atoms in total. The first-order chi connectivity index (χ1) is 13.2. The topological polar surface area (TPSA) is 51.9 Å². The highest BCUT2D eigenvalue weighted by molar-refractivity contribution is 9.10. The molecule has 2 aliphatic rings. The summed E-state index contributed by atoms with van der Waals surface area (Å²) in [5.74, 6) is 0.931. The first-order valence-electron chi connectivity index (χ1n) is 9.29. The van der Waals surface area contributed by atoms with Gasteiger partial charge in [0, 0.05) is 37.6 Å². The maximum atomic E-state index is 6.36. The Morgan fingerprint density at radius 3 is 2.59 bits per heavy atom. The lowest BCUT2D eigenvalue weighted by Gasteiger charge is -2.30. The van der Waals surface area contributed by atoms with Crippen molar-refractivity contribution in [3.63, 3.8) is 0 Å². The molecular weight excluding hydrogens is 408 g/mol. The van der Waals surface area contributed by atoms with Gasteiger partial charge >= 0.3 is 0 Å². The number of nitrogens with zero attached hydrogens (tertiary/aromatic N) is 4. The normalized spacial score (nSPS) is 19.3. The van der Waals surface area contributed by atoms with Gasteiger partial charge in [-0.3, -0.25) is 4.90 Å². The van der Waals surface area contributed by atoms with E-state index in [0.29, 0.717) is 0 Å². The zero-order chi connectivity index (χ0) is 18.3. The van der Waals surface area contributed by atoms with Gasteiger partial charge in [-0.2, -0.15) is 5.10 Å². The number of morpholine rings is 1. The number of hydrogen-bond acceptors (Lipinski definition) is 5. The lowest BCUT2D eigenvalue weighted by Crippen LogP contribution is -2.43. The molecule has 0 spiro atoms. The molecule has 5 rings (SSSR count). The predicted octanol–water partition coefficient (Wildman–Crippen LogP) is 3.40. The molecule has 2 aromatic heterocycles. The molecule has 27 heavy (non-hydrogen) atoms. The van der Waals surface area contributed by atoms with Gasteiger partial charge in [0.25, 0.3) is 0 Å². The van der Waals surface area contributed by atoms with Crippen molar-refractivity contribution in [3.05, 3.63) is 47.3 Å². The highest BCUT2D eigenvalue weighted by atomic mass is 79.9. The van der Waals surface area contributed by atoms with Gasteiger partial charge in [0.1, 0.15) is 11.4 Å². The molecule has 3 heterocycles. The SMILES string of the molecule is Brc1cnn2cc(-c3ccc(OC4(CN5CCOCC5)CC4)cc3)cnc12. The molecular formula is C20H21BrN4O2. The van der Waals surface area contributed by atoms with E-state index in [-0.39, 0.29) is 5.60 Å². The standard InChI is InChI=1S/C20H21BrN4O2/c21-18-12-23-25-13-16(11-22-19(18)25)15-1-3-17(4-2-15)27-20(5-6-20)14-24-7-9-26-10-8-24/h1-4,11-13H,5-10,14H2. The highest BCUT2D eigenvalue weighted by Gasteiger charge is 2.46. The number of hydrogen-bond donors (Lipinski definition) is 0. The zero-order valence-electron chi connectivity index (χ0n) is 15.0. The van der Waals surface area contributed by atoms with Crippen molar-refractivity contribution in [2.45, 2.75) is 18.4 Å². The van der Waals surface area contributed by atoms with Crippen LogP contribution in [-0.4, -0.2) is 57.9 Å². The lowest BCUT2D eigenvalue weighted by atomic mass is 10.1. The predicted molar refractivity (Wildman–Crippen MR) is 106 cm³/mol. The number of halogens is 1. The summed E-state index contributed by atoms with van der Waals surface area (Å²) in [4.78, 5) is 6.93. The Bertz CT molecular complexity index is 946. The molecule has 0 atom stereocenters. The van der Waals surface area contributed by atoms with Crippen molar-refractivity contribution < 1.29 is 9.47 Å². The average Bonchev–Trinajstić information content (AvgIpc) is 3.35. The average molecular weight is 429 g/mol. The van der Waals surface area contributed by atoms with Gasteiger partial charge in [0.2, 0.25) is 0 Å². The minimum Gasteiger partial charge on any atom is -0.486 e. The minimum absolute atomic E-state index is 0.0132. The molecule has 3 aromatic rings. The van der Waals surface area contributed by atoms with Gasteiger partial charge < -0.3 is 9.47 Å². The van der Waals surface area contributed by atoms with Crippen LogP contribution in [0, 0.1) is 0 Å². The van der Waals surface area contributed by atoms with Gasteiger partial charge in [-0.05, 0) is 46.5 Å². The first kappa shape index (κ1) is 17.2. The quantitative estimate of drug-likeness (QED) is 0.623. The summed E-state index contributed by atoms with van der Waals surface area (Å²) in [5.41, 5.74) is 2.93. The van der Waals surface area contributed by atoms with Crippen molar-refractivity contribution in [1.29, 1.82) is 0 Å². The van der Waals surface area contributed by atoms with Crippen LogP contribution in [0.15, 0.2) is 47.3 Å². The molecule has 0 unspecified atom stereocenters. The van der Waals surface area contributed by atoms with Crippen LogP contribution in [0.25, 0.3) is 16.8 Å². The van der Waals surface area contributed by atoms with Crippen LogP contribution >= 0.6 is 15.9 Å². The molecule has 2 fully saturated rings. The third kappa shape index (κ3) is 3.59. The van der Waals surface area contributed by atoms with E-state index in [4.69, 9.17) is 9.47 Å². The van der Waals surface area contributed by atoms with E-state index in [0.717, 1.165) is 72.7 Å². The molecule has 1 aliphatic heterocycles. The molecule has 0 radical (unpaired) electrons. The molecule has 7 heteroatoms. The van der Waals surface area contributed by atoms with Crippen LogP contribution in [0.3, 0.4) is 0 Å². The second-order valence-electron chi connectivity index (χ2n) is 7.30. The Hall–Kier alpha value is -1.96. The fourth-order valence-electron chi connectivity index (χ4n) is 3.56. The smallest absolute Gasteiger partial charge is 0.169 e. The Balaban J connectivity index is 1.29. The van der Waals surface area contributed by atoms with Crippen molar-refractivity contribution >= 4 is 21.6 Å². The van der Waals surface area contributed by atoms with E-state index in [1.807, 2.05) is 12.4 Å². The van der Waals surface area contributed by atoms with Gasteiger partial charge in [-0.25, -0.2) is 9.50 Å². The molecule has 0 amide bonds. The van der Waals surface area contributed by atoms with Crippen LogP contribution in [0.2, 0.25) is 0 Å². The van der Waals surface area contributed by atoms with E-state index in [1.54, 1.807) is 10.7 Å². The molecule has 1 saturated carbocycles. The Labute approximate surface area is 166 Å². The molecule has 1 aliphatic carbocycles. The summed E-state index contributed by atoms with van der Waals surface area (Å²) < 4.78 is 14.5. The minimum atomic E-state index is -0.0132. The molecule has 1 saturated heterocycles. The van der Waals surface area contributed by atoms with Crippen LogP contribution in [-0.2, 0) is 4.74 Å². The van der Waals surface area contributed by atoms with E-state index < -0.39 is 0 Å². The Morgan fingerprint density at radius 2 is 1.85 bits per heavy atom. The van der Waals surface area contributed by atoms with Crippen molar-refractivity contribution in [2.24, 2.45) is 0 Å². The molecule has 0 N–H and O–H groups in total.